The van der Waals surface area contributed by atoms with Crippen molar-refractivity contribution < 1.29 is 4.79 Å². The van der Waals surface area contributed by atoms with Crippen molar-refractivity contribution in [1.82, 2.24) is 4.57 Å². The van der Waals surface area contributed by atoms with Gasteiger partial charge in [-0.2, -0.15) is 5.26 Å². The fourth-order valence-electron chi connectivity index (χ4n) is 2.13. The van der Waals surface area contributed by atoms with Gasteiger partial charge in [-0.1, -0.05) is 12.1 Å². The number of carbonyl (C=O) groups excluding carboxylic acids is 1. The van der Waals surface area contributed by atoms with E-state index in [1.54, 1.807) is 41.1 Å². The van der Waals surface area contributed by atoms with E-state index in [0.717, 1.165) is 5.56 Å². The number of rotatable bonds is 5. The third-order valence-corrected chi connectivity index (χ3v) is 3.21. The number of nitrogens with one attached hydrogen (secondary N) is 1. The minimum atomic E-state index is -0.129. The second-order valence-electron chi connectivity index (χ2n) is 5.08. The third-order valence-electron chi connectivity index (χ3n) is 3.21. The van der Waals surface area contributed by atoms with E-state index < -0.39 is 0 Å². The highest BCUT2D eigenvalue weighted by atomic mass is 16.1. The average molecular weight is 295 g/mol. The number of pyridine rings is 1. The number of carbonyl (C=O) groups is 1. The zero-order chi connectivity index (χ0) is 15.9. The maximum Gasteiger partial charge on any atom is 0.250 e. The molecule has 0 unspecified atom stereocenters. The third kappa shape index (κ3) is 4.32. The summed E-state index contributed by atoms with van der Waals surface area (Å²) < 4.78 is 1.61. The van der Waals surface area contributed by atoms with E-state index >= 15 is 0 Å². The molecule has 0 fully saturated rings. The summed E-state index contributed by atoms with van der Waals surface area (Å²) in [4.78, 5) is 23.5. The molecule has 0 radical (unpaired) electrons. The minimum Gasteiger partial charge on any atom is -0.326 e. The zero-order valence-electron chi connectivity index (χ0n) is 12.4. The van der Waals surface area contributed by atoms with E-state index in [0.29, 0.717) is 30.6 Å². The Morgan fingerprint density at radius 2 is 2.14 bits per heavy atom. The van der Waals surface area contributed by atoms with Gasteiger partial charge in [-0.3, -0.25) is 9.59 Å². The molecule has 5 heteroatoms. The number of aromatic nitrogens is 1. The Labute approximate surface area is 128 Å². The molecule has 0 spiro atoms. The van der Waals surface area contributed by atoms with Crippen LogP contribution in [0.2, 0.25) is 0 Å². The first-order chi connectivity index (χ1) is 10.6. The molecule has 0 saturated heterocycles. The highest BCUT2D eigenvalue weighted by Gasteiger charge is 2.04. The van der Waals surface area contributed by atoms with Crippen LogP contribution in [-0.4, -0.2) is 10.5 Å². The topological polar surface area (TPSA) is 74.9 Å². The average Bonchev–Trinajstić information content (AvgIpc) is 2.51. The van der Waals surface area contributed by atoms with Crippen LogP contribution >= 0.6 is 0 Å². The number of nitrogens with zero attached hydrogens (tertiary/aromatic N) is 2. The number of anilines is 1. The predicted molar refractivity (Wildman–Crippen MR) is 84.5 cm³/mol. The molecular weight excluding hydrogens is 278 g/mol. The van der Waals surface area contributed by atoms with Crippen molar-refractivity contribution in [1.29, 1.82) is 5.26 Å². The lowest BCUT2D eigenvalue weighted by molar-refractivity contribution is -0.116. The smallest absolute Gasteiger partial charge is 0.250 e. The van der Waals surface area contributed by atoms with E-state index in [2.05, 4.69) is 5.32 Å². The largest absolute Gasteiger partial charge is 0.326 e. The van der Waals surface area contributed by atoms with E-state index in [1.807, 2.05) is 13.0 Å². The van der Waals surface area contributed by atoms with Crippen molar-refractivity contribution in [3.05, 3.63) is 64.1 Å². The van der Waals surface area contributed by atoms with Crippen LogP contribution in [0.25, 0.3) is 0 Å². The number of hydrogen-bond donors (Lipinski definition) is 1. The number of amides is 1. The maximum absolute atomic E-state index is 11.9. The van der Waals surface area contributed by atoms with Crippen molar-refractivity contribution in [3.8, 4) is 6.07 Å². The fourth-order valence-corrected chi connectivity index (χ4v) is 2.13. The molecule has 112 valence electrons. The molecule has 0 aliphatic carbocycles. The van der Waals surface area contributed by atoms with Gasteiger partial charge in [-0.05, 0) is 37.1 Å². The van der Waals surface area contributed by atoms with Crippen LogP contribution in [0.15, 0.2) is 47.4 Å². The van der Waals surface area contributed by atoms with E-state index in [9.17, 15) is 9.59 Å². The summed E-state index contributed by atoms with van der Waals surface area (Å²) in [7, 11) is 0. The van der Waals surface area contributed by atoms with E-state index in [-0.39, 0.29) is 11.5 Å². The summed E-state index contributed by atoms with van der Waals surface area (Å²) in [5, 5.41) is 11.6. The molecule has 0 atom stereocenters. The molecule has 1 amide bonds. The summed E-state index contributed by atoms with van der Waals surface area (Å²) in [6, 6.07) is 12.1. The van der Waals surface area contributed by atoms with E-state index in [1.165, 1.54) is 6.07 Å². The van der Waals surface area contributed by atoms with Gasteiger partial charge in [0.2, 0.25) is 5.91 Å². The molecular formula is C17H17N3O2. The molecule has 1 aromatic heterocycles. The molecule has 0 aliphatic heterocycles. The van der Waals surface area contributed by atoms with Crippen LogP contribution in [0.3, 0.4) is 0 Å². The zero-order valence-corrected chi connectivity index (χ0v) is 12.4. The minimum absolute atomic E-state index is 0.0623. The SMILES string of the molecule is Cc1ccc(=O)n(CCCC(=O)Nc2cccc(C#N)c2)c1. The highest BCUT2D eigenvalue weighted by molar-refractivity contribution is 5.90. The van der Waals surface area contributed by atoms with E-state index in [4.69, 9.17) is 5.26 Å². The number of aryl methyl sites for hydroxylation is 2. The van der Waals surface area contributed by atoms with Gasteiger partial charge in [0.05, 0.1) is 11.6 Å². The Kier molecular flexibility index (Phi) is 5.10. The van der Waals surface area contributed by atoms with Crippen molar-refractivity contribution in [3.63, 3.8) is 0 Å². The summed E-state index contributed by atoms with van der Waals surface area (Å²) in [6.07, 6.45) is 2.68. The molecule has 2 rings (SSSR count). The normalized spacial score (nSPS) is 10.0. The van der Waals surface area contributed by atoms with Crippen molar-refractivity contribution in [2.75, 3.05) is 5.32 Å². The second-order valence-corrected chi connectivity index (χ2v) is 5.08. The lowest BCUT2D eigenvalue weighted by Crippen LogP contribution is -2.20. The quantitative estimate of drug-likeness (QED) is 0.920. The van der Waals surface area contributed by atoms with Gasteiger partial charge < -0.3 is 9.88 Å². The fraction of sp³-hybridized carbons (Fsp3) is 0.235. The monoisotopic (exact) mass is 295 g/mol. The maximum atomic E-state index is 11.9. The summed E-state index contributed by atoms with van der Waals surface area (Å²) in [6.45, 7) is 2.43. The van der Waals surface area contributed by atoms with Crippen LogP contribution in [0, 0.1) is 18.3 Å². The van der Waals surface area contributed by atoms with Gasteiger partial charge in [0, 0.05) is 30.9 Å². The second kappa shape index (κ2) is 7.23. The van der Waals surface area contributed by atoms with Gasteiger partial charge in [0.1, 0.15) is 0 Å². The van der Waals surface area contributed by atoms with Gasteiger partial charge in [0.25, 0.3) is 5.56 Å². The van der Waals surface area contributed by atoms with Crippen molar-refractivity contribution in [2.45, 2.75) is 26.3 Å². The van der Waals surface area contributed by atoms with Crippen LogP contribution in [-0.2, 0) is 11.3 Å². The summed E-state index contributed by atoms with van der Waals surface area (Å²) in [5.41, 5.74) is 2.06. The van der Waals surface area contributed by atoms with Crippen LogP contribution in [0.5, 0.6) is 0 Å². The lowest BCUT2D eigenvalue weighted by Gasteiger charge is -2.07. The summed E-state index contributed by atoms with van der Waals surface area (Å²) in [5.74, 6) is -0.129. The molecule has 2 aromatic rings. The molecule has 5 nitrogen and oxygen atoms in total. The number of hydrogen-bond acceptors (Lipinski definition) is 3. The Bertz CT molecular complexity index is 772. The lowest BCUT2D eigenvalue weighted by atomic mass is 10.2. The summed E-state index contributed by atoms with van der Waals surface area (Å²) >= 11 is 0. The molecule has 22 heavy (non-hydrogen) atoms. The Balaban J connectivity index is 1.86. The molecule has 0 aliphatic rings. The predicted octanol–water partition coefficient (Wildman–Crippen LogP) is 2.45. The van der Waals surface area contributed by atoms with Gasteiger partial charge in [-0.25, -0.2) is 0 Å². The van der Waals surface area contributed by atoms with Gasteiger partial charge in [-0.15, -0.1) is 0 Å². The number of nitriles is 1. The van der Waals surface area contributed by atoms with Crippen molar-refractivity contribution in [2.24, 2.45) is 0 Å². The Morgan fingerprint density at radius 3 is 2.91 bits per heavy atom. The first kappa shape index (κ1) is 15.5. The molecule has 0 saturated carbocycles. The molecule has 1 aromatic carbocycles. The van der Waals surface area contributed by atoms with Crippen LogP contribution in [0.1, 0.15) is 24.0 Å². The molecule has 0 bridgehead atoms. The first-order valence-electron chi connectivity index (χ1n) is 7.05. The molecule has 1 N–H and O–H groups in total. The van der Waals surface area contributed by atoms with Gasteiger partial charge >= 0.3 is 0 Å². The standard InChI is InChI=1S/C17H17N3O2/c1-13-7-8-17(22)20(12-13)9-3-6-16(21)19-15-5-2-4-14(10-15)11-18/h2,4-5,7-8,10,12H,3,6,9H2,1H3,(H,19,21). The number of benzene rings is 1. The molecule has 1 heterocycles. The Morgan fingerprint density at radius 1 is 1.32 bits per heavy atom. The first-order valence-corrected chi connectivity index (χ1v) is 7.05. The van der Waals surface area contributed by atoms with Crippen molar-refractivity contribution >= 4 is 11.6 Å². The highest BCUT2D eigenvalue weighted by Crippen LogP contribution is 2.10. The van der Waals surface area contributed by atoms with Crippen LogP contribution < -0.4 is 10.9 Å². The van der Waals surface area contributed by atoms with Gasteiger partial charge in [0.15, 0.2) is 0 Å². The van der Waals surface area contributed by atoms with Crippen LogP contribution in [0.4, 0.5) is 5.69 Å². The Hall–Kier alpha value is -2.87.